The van der Waals surface area contributed by atoms with E-state index >= 15 is 0 Å². The van der Waals surface area contributed by atoms with E-state index in [9.17, 15) is 16.8 Å². The Bertz CT molecular complexity index is 853. The van der Waals surface area contributed by atoms with Crippen molar-refractivity contribution in [2.75, 3.05) is 11.0 Å². The molecule has 0 heterocycles. The molecule has 22 heavy (non-hydrogen) atoms. The van der Waals surface area contributed by atoms with Gasteiger partial charge in [0.1, 0.15) is 0 Å². The summed E-state index contributed by atoms with van der Waals surface area (Å²) in [5.74, 6) is 0. The summed E-state index contributed by atoms with van der Waals surface area (Å²) in [6.45, 7) is 1.99. The van der Waals surface area contributed by atoms with Gasteiger partial charge in [-0.1, -0.05) is 19.1 Å². The summed E-state index contributed by atoms with van der Waals surface area (Å²) in [5.41, 5.74) is 1.36. The molecule has 0 radical (unpaired) electrons. The largest absolute Gasteiger partial charge is 0.280 e. The Morgan fingerprint density at radius 1 is 0.818 bits per heavy atom. The summed E-state index contributed by atoms with van der Waals surface area (Å²) in [4.78, 5) is 0.305. The maximum absolute atomic E-state index is 12.3. The third-order valence-corrected chi connectivity index (χ3v) is 5.70. The predicted octanol–water partition coefficient (Wildman–Crippen LogP) is 2.45. The molecule has 0 saturated heterocycles. The Labute approximate surface area is 131 Å². The van der Waals surface area contributed by atoms with Crippen LogP contribution < -0.4 is 4.72 Å². The average Bonchev–Trinajstić information content (AvgIpc) is 2.46. The summed E-state index contributed by atoms with van der Waals surface area (Å²) < 4.78 is 49.7. The Morgan fingerprint density at radius 3 is 1.77 bits per heavy atom. The first-order valence-electron chi connectivity index (χ1n) is 6.64. The van der Waals surface area contributed by atoms with Crippen LogP contribution in [0.5, 0.6) is 0 Å². The van der Waals surface area contributed by atoms with E-state index in [1.54, 1.807) is 24.3 Å². The maximum Gasteiger partial charge on any atom is 0.261 e. The molecule has 0 saturated carbocycles. The first-order chi connectivity index (χ1) is 10.2. The maximum atomic E-state index is 12.3. The smallest absolute Gasteiger partial charge is 0.261 e. The molecule has 0 bridgehead atoms. The molecule has 2 aromatic rings. The van der Waals surface area contributed by atoms with Gasteiger partial charge >= 0.3 is 0 Å². The highest BCUT2D eigenvalue weighted by Crippen LogP contribution is 2.19. The Morgan fingerprint density at radius 2 is 1.32 bits per heavy atom. The molecule has 0 atom stereocenters. The van der Waals surface area contributed by atoms with E-state index in [1.165, 1.54) is 24.3 Å². The number of anilines is 1. The monoisotopic (exact) mass is 339 g/mol. The third kappa shape index (κ3) is 3.86. The van der Waals surface area contributed by atoms with E-state index in [2.05, 4.69) is 4.72 Å². The zero-order valence-electron chi connectivity index (χ0n) is 12.3. The van der Waals surface area contributed by atoms with E-state index in [1.807, 2.05) is 6.92 Å². The molecule has 2 aromatic carbocycles. The van der Waals surface area contributed by atoms with Crippen molar-refractivity contribution < 1.29 is 16.8 Å². The number of benzene rings is 2. The highest BCUT2D eigenvalue weighted by atomic mass is 32.2. The van der Waals surface area contributed by atoms with Crippen LogP contribution in [-0.2, 0) is 26.3 Å². The summed E-state index contributed by atoms with van der Waals surface area (Å²) in [5, 5.41) is 0. The van der Waals surface area contributed by atoms with Crippen LogP contribution in [0.2, 0.25) is 0 Å². The Hall–Kier alpha value is -1.86. The van der Waals surface area contributed by atoms with Crippen molar-refractivity contribution in [1.82, 2.24) is 0 Å². The van der Waals surface area contributed by atoms with Crippen LogP contribution in [0, 0.1) is 0 Å². The number of rotatable bonds is 5. The molecule has 0 spiro atoms. The second-order valence-electron chi connectivity index (χ2n) is 4.90. The zero-order chi connectivity index (χ0) is 16.4. The van der Waals surface area contributed by atoms with Gasteiger partial charge in [0.2, 0.25) is 0 Å². The van der Waals surface area contributed by atoms with Crippen molar-refractivity contribution in [3.8, 4) is 0 Å². The highest BCUT2D eigenvalue weighted by molar-refractivity contribution is 7.92. The summed E-state index contributed by atoms with van der Waals surface area (Å²) in [7, 11) is -6.99. The van der Waals surface area contributed by atoms with Gasteiger partial charge in [-0.15, -0.1) is 0 Å². The summed E-state index contributed by atoms with van der Waals surface area (Å²) in [6.07, 6.45) is 1.93. The van der Waals surface area contributed by atoms with Gasteiger partial charge < -0.3 is 0 Å². The van der Waals surface area contributed by atoms with Gasteiger partial charge in [0, 0.05) is 11.9 Å². The van der Waals surface area contributed by atoms with Gasteiger partial charge in [0.15, 0.2) is 9.84 Å². The first-order valence-corrected chi connectivity index (χ1v) is 10.0. The molecule has 2 rings (SSSR count). The second-order valence-corrected chi connectivity index (χ2v) is 8.60. The van der Waals surface area contributed by atoms with E-state index in [0.717, 1.165) is 18.2 Å². The molecule has 118 valence electrons. The van der Waals surface area contributed by atoms with Gasteiger partial charge in [-0.25, -0.2) is 16.8 Å². The van der Waals surface area contributed by atoms with Crippen LogP contribution in [0.3, 0.4) is 0 Å². The topological polar surface area (TPSA) is 80.3 Å². The molecule has 0 amide bonds. The number of aryl methyl sites for hydroxylation is 1. The lowest BCUT2D eigenvalue weighted by molar-refractivity contribution is 0.600. The number of nitrogens with one attached hydrogen (secondary N) is 1. The summed E-state index contributed by atoms with van der Waals surface area (Å²) >= 11 is 0. The van der Waals surface area contributed by atoms with Crippen LogP contribution in [0.1, 0.15) is 12.5 Å². The molecular formula is C15H17NO4S2. The highest BCUT2D eigenvalue weighted by Gasteiger charge is 2.14. The van der Waals surface area contributed by atoms with Gasteiger partial charge in [0.25, 0.3) is 10.0 Å². The van der Waals surface area contributed by atoms with Crippen molar-refractivity contribution >= 4 is 25.5 Å². The Balaban J connectivity index is 2.24. The molecular weight excluding hydrogens is 322 g/mol. The minimum Gasteiger partial charge on any atom is -0.280 e. The molecule has 5 nitrogen and oxygen atoms in total. The normalized spacial score (nSPS) is 12.1. The lowest BCUT2D eigenvalue weighted by Gasteiger charge is -2.09. The van der Waals surface area contributed by atoms with Crippen molar-refractivity contribution in [3.05, 3.63) is 54.1 Å². The first kappa shape index (κ1) is 16.5. The Kier molecular flexibility index (Phi) is 4.58. The van der Waals surface area contributed by atoms with Gasteiger partial charge in [-0.05, 0) is 48.4 Å². The molecule has 7 heteroatoms. The fraction of sp³-hybridized carbons (Fsp3) is 0.200. The molecule has 0 aliphatic heterocycles. The second kappa shape index (κ2) is 6.10. The lowest BCUT2D eigenvalue weighted by atomic mass is 10.2. The molecule has 0 unspecified atom stereocenters. The van der Waals surface area contributed by atoms with Crippen LogP contribution >= 0.6 is 0 Å². The van der Waals surface area contributed by atoms with Crippen LogP contribution in [0.15, 0.2) is 58.3 Å². The van der Waals surface area contributed by atoms with Crippen LogP contribution in [-0.4, -0.2) is 23.1 Å². The standard InChI is InChI=1S/C15H17NO4S2/c1-3-12-4-8-15(9-5-12)22(19,20)16-13-6-10-14(11-7-13)21(2,17)18/h4-11,16H,3H2,1-2H3. The minimum absolute atomic E-state index is 0.141. The minimum atomic E-state index is -3.69. The van der Waals surface area contributed by atoms with Crippen LogP contribution in [0.25, 0.3) is 0 Å². The number of hydrogen-bond donors (Lipinski definition) is 1. The number of hydrogen-bond acceptors (Lipinski definition) is 4. The number of sulfone groups is 1. The van der Waals surface area contributed by atoms with E-state index in [-0.39, 0.29) is 9.79 Å². The fourth-order valence-electron chi connectivity index (χ4n) is 1.89. The third-order valence-electron chi connectivity index (χ3n) is 3.18. The van der Waals surface area contributed by atoms with Crippen molar-refractivity contribution in [1.29, 1.82) is 0 Å². The van der Waals surface area contributed by atoms with Gasteiger partial charge in [-0.3, -0.25) is 4.72 Å². The number of sulfonamides is 1. The fourth-order valence-corrected chi connectivity index (χ4v) is 3.58. The molecule has 0 aliphatic rings. The quantitative estimate of drug-likeness (QED) is 0.907. The molecule has 1 N–H and O–H groups in total. The average molecular weight is 339 g/mol. The van der Waals surface area contributed by atoms with Crippen molar-refractivity contribution in [2.45, 2.75) is 23.1 Å². The molecule has 0 aliphatic carbocycles. The van der Waals surface area contributed by atoms with E-state index in [0.29, 0.717) is 5.69 Å². The molecule has 0 fully saturated rings. The van der Waals surface area contributed by atoms with Crippen molar-refractivity contribution in [3.63, 3.8) is 0 Å². The SMILES string of the molecule is CCc1ccc(S(=O)(=O)Nc2ccc(S(C)(=O)=O)cc2)cc1. The van der Waals surface area contributed by atoms with Gasteiger partial charge in [0.05, 0.1) is 9.79 Å². The van der Waals surface area contributed by atoms with Gasteiger partial charge in [-0.2, -0.15) is 0 Å². The van der Waals surface area contributed by atoms with Crippen LogP contribution in [0.4, 0.5) is 5.69 Å². The zero-order valence-corrected chi connectivity index (χ0v) is 13.9. The van der Waals surface area contributed by atoms with E-state index in [4.69, 9.17) is 0 Å². The molecule has 0 aromatic heterocycles. The van der Waals surface area contributed by atoms with Crippen molar-refractivity contribution in [2.24, 2.45) is 0 Å². The van der Waals surface area contributed by atoms with E-state index < -0.39 is 19.9 Å². The lowest BCUT2D eigenvalue weighted by Crippen LogP contribution is -2.13. The predicted molar refractivity (Wildman–Crippen MR) is 86.2 cm³/mol. The summed E-state index contributed by atoms with van der Waals surface area (Å²) in [6, 6.07) is 12.2.